The first-order chi connectivity index (χ1) is 9.74. The van der Waals surface area contributed by atoms with Crippen LogP contribution in [0.4, 0.5) is 5.69 Å². The molecular formula is C16H22N4. The minimum Gasteiger partial charge on any atom is -0.369 e. The van der Waals surface area contributed by atoms with Gasteiger partial charge in [0, 0.05) is 43.8 Å². The normalized spacial score (nSPS) is 15.8. The first-order valence-electron chi connectivity index (χ1n) is 7.34. The van der Waals surface area contributed by atoms with Gasteiger partial charge in [0.15, 0.2) is 0 Å². The summed E-state index contributed by atoms with van der Waals surface area (Å²) in [5, 5.41) is 3.38. The average molecular weight is 270 g/mol. The van der Waals surface area contributed by atoms with Crippen molar-refractivity contribution in [2.75, 3.05) is 31.1 Å². The molecule has 0 unspecified atom stereocenters. The van der Waals surface area contributed by atoms with Gasteiger partial charge in [0.25, 0.3) is 0 Å². The van der Waals surface area contributed by atoms with Crippen LogP contribution < -0.4 is 10.2 Å². The van der Waals surface area contributed by atoms with Gasteiger partial charge in [-0.05, 0) is 30.2 Å². The third-order valence-corrected chi connectivity index (χ3v) is 3.82. The number of anilines is 1. The second-order valence-corrected chi connectivity index (χ2v) is 5.61. The zero-order chi connectivity index (χ0) is 13.9. The van der Waals surface area contributed by atoms with Crippen molar-refractivity contribution >= 4 is 5.69 Å². The summed E-state index contributed by atoms with van der Waals surface area (Å²) in [6.45, 7) is 8.65. The predicted octanol–water partition coefficient (Wildman–Crippen LogP) is 2.41. The number of hydrogen-bond acceptors (Lipinski definition) is 3. The SMILES string of the molecule is CC(C)c1cn(-c2ccc(N3CCNCC3)cc2)cn1. The molecule has 0 radical (unpaired) electrons. The van der Waals surface area contributed by atoms with E-state index in [0.29, 0.717) is 5.92 Å². The number of aromatic nitrogens is 2. The van der Waals surface area contributed by atoms with E-state index in [1.54, 1.807) is 0 Å². The molecule has 0 aliphatic carbocycles. The van der Waals surface area contributed by atoms with Crippen LogP contribution in [0, 0.1) is 0 Å². The summed E-state index contributed by atoms with van der Waals surface area (Å²) >= 11 is 0. The molecular weight excluding hydrogens is 248 g/mol. The third-order valence-electron chi connectivity index (χ3n) is 3.82. The highest BCUT2D eigenvalue weighted by Gasteiger charge is 2.10. The Morgan fingerprint density at radius 1 is 1.05 bits per heavy atom. The van der Waals surface area contributed by atoms with Crippen LogP contribution in [0.2, 0.25) is 0 Å². The highest BCUT2D eigenvalue weighted by Crippen LogP contribution is 2.19. The molecule has 4 nitrogen and oxygen atoms in total. The van der Waals surface area contributed by atoms with Gasteiger partial charge in [-0.25, -0.2) is 4.98 Å². The Kier molecular flexibility index (Phi) is 3.74. The van der Waals surface area contributed by atoms with Crippen molar-refractivity contribution in [3.8, 4) is 5.69 Å². The van der Waals surface area contributed by atoms with Crippen LogP contribution in [0.1, 0.15) is 25.5 Å². The van der Waals surface area contributed by atoms with Crippen molar-refractivity contribution in [2.45, 2.75) is 19.8 Å². The van der Waals surface area contributed by atoms with E-state index in [-0.39, 0.29) is 0 Å². The van der Waals surface area contributed by atoms with Crippen LogP contribution in [0.3, 0.4) is 0 Å². The molecule has 3 rings (SSSR count). The summed E-state index contributed by atoms with van der Waals surface area (Å²) in [4.78, 5) is 6.87. The minimum absolute atomic E-state index is 0.469. The lowest BCUT2D eigenvalue weighted by Gasteiger charge is -2.29. The molecule has 0 atom stereocenters. The third kappa shape index (κ3) is 2.70. The number of nitrogens with one attached hydrogen (secondary N) is 1. The Bertz CT molecular complexity index is 550. The monoisotopic (exact) mass is 270 g/mol. The van der Waals surface area contributed by atoms with Gasteiger partial charge in [0.1, 0.15) is 0 Å². The molecule has 0 saturated carbocycles. The molecule has 0 amide bonds. The zero-order valence-electron chi connectivity index (χ0n) is 12.2. The molecule has 1 aliphatic rings. The Balaban J connectivity index is 1.77. The lowest BCUT2D eigenvalue weighted by atomic mass is 10.1. The molecule has 1 saturated heterocycles. The topological polar surface area (TPSA) is 33.1 Å². The molecule has 4 heteroatoms. The Labute approximate surface area is 120 Å². The quantitative estimate of drug-likeness (QED) is 0.929. The number of imidazole rings is 1. The van der Waals surface area contributed by atoms with Crippen molar-refractivity contribution in [2.24, 2.45) is 0 Å². The maximum Gasteiger partial charge on any atom is 0.0995 e. The fourth-order valence-electron chi connectivity index (χ4n) is 2.54. The van der Waals surface area contributed by atoms with Crippen LogP contribution in [-0.4, -0.2) is 35.7 Å². The van der Waals surface area contributed by atoms with Crippen molar-refractivity contribution in [1.29, 1.82) is 0 Å². The zero-order valence-corrected chi connectivity index (χ0v) is 12.2. The van der Waals surface area contributed by atoms with E-state index in [4.69, 9.17) is 0 Å². The predicted molar refractivity (Wildman–Crippen MR) is 82.7 cm³/mol. The van der Waals surface area contributed by atoms with Gasteiger partial charge in [-0.3, -0.25) is 0 Å². The molecule has 1 fully saturated rings. The van der Waals surface area contributed by atoms with Crippen LogP contribution in [-0.2, 0) is 0 Å². The maximum absolute atomic E-state index is 4.45. The van der Waals surface area contributed by atoms with E-state index >= 15 is 0 Å². The number of piperazine rings is 1. The van der Waals surface area contributed by atoms with E-state index in [1.807, 2.05) is 6.33 Å². The molecule has 20 heavy (non-hydrogen) atoms. The van der Waals surface area contributed by atoms with E-state index in [1.165, 1.54) is 11.4 Å². The Hall–Kier alpha value is -1.81. The van der Waals surface area contributed by atoms with Crippen molar-refractivity contribution in [1.82, 2.24) is 14.9 Å². The molecule has 1 aromatic carbocycles. The molecule has 2 aromatic rings. The molecule has 0 bridgehead atoms. The van der Waals surface area contributed by atoms with Crippen molar-refractivity contribution < 1.29 is 0 Å². The Morgan fingerprint density at radius 2 is 1.70 bits per heavy atom. The van der Waals surface area contributed by atoms with Crippen LogP contribution >= 0.6 is 0 Å². The van der Waals surface area contributed by atoms with Crippen LogP contribution in [0.25, 0.3) is 5.69 Å². The fraction of sp³-hybridized carbons (Fsp3) is 0.438. The first-order valence-corrected chi connectivity index (χ1v) is 7.34. The summed E-state index contributed by atoms with van der Waals surface area (Å²) in [6, 6.07) is 8.75. The van der Waals surface area contributed by atoms with Crippen molar-refractivity contribution in [3.63, 3.8) is 0 Å². The smallest absolute Gasteiger partial charge is 0.0995 e. The highest BCUT2D eigenvalue weighted by atomic mass is 15.2. The fourth-order valence-corrected chi connectivity index (χ4v) is 2.54. The molecule has 1 N–H and O–H groups in total. The number of hydrogen-bond donors (Lipinski definition) is 1. The number of benzene rings is 1. The lowest BCUT2D eigenvalue weighted by Crippen LogP contribution is -2.43. The first kappa shape index (κ1) is 13.2. The summed E-state index contributed by atoms with van der Waals surface area (Å²) in [7, 11) is 0. The largest absolute Gasteiger partial charge is 0.369 e. The van der Waals surface area contributed by atoms with Gasteiger partial charge < -0.3 is 14.8 Å². The second kappa shape index (κ2) is 5.67. The molecule has 1 aliphatic heterocycles. The number of rotatable bonds is 3. The van der Waals surface area contributed by atoms with E-state index in [9.17, 15) is 0 Å². The molecule has 106 valence electrons. The van der Waals surface area contributed by atoms with Gasteiger partial charge in [-0.1, -0.05) is 13.8 Å². The second-order valence-electron chi connectivity index (χ2n) is 5.61. The average Bonchev–Trinajstić information content (AvgIpc) is 2.98. The number of nitrogens with zero attached hydrogens (tertiary/aromatic N) is 3. The maximum atomic E-state index is 4.45. The van der Waals surface area contributed by atoms with E-state index in [2.05, 4.69) is 64.1 Å². The van der Waals surface area contributed by atoms with E-state index in [0.717, 1.165) is 31.9 Å². The van der Waals surface area contributed by atoms with Crippen molar-refractivity contribution in [3.05, 3.63) is 42.5 Å². The van der Waals surface area contributed by atoms with Gasteiger partial charge >= 0.3 is 0 Å². The molecule has 0 spiro atoms. The molecule has 2 heterocycles. The van der Waals surface area contributed by atoms with Crippen LogP contribution in [0.15, 0.2) is 36.8 Å². The lowest BCUT2D eigenvalue weighted by molar-refractivity contribution is 0.589. The Morgan fingerprint density at radius 3 is 2.30 bits per heavy atom. The van der Waals surface area contributed by atoms with Gasteiger partial charge in [-0.15, -0.1) is 0 Å². The van der Waals surface area contributed by atoms with Gasteiger partial charge in [0.2, 0.25) is 0 Å². The minimum atomic E-state index is 0.469. The van der Waals surface area contributed by atoms with Gasteiger partial charge in [0.05, 0.1) is 12.0 Å². The summed E-state index contributed by atoms with van der Waals surface area (Å²) in [5.41, 5.74) is 3.61. The summed E-state index contributed by atoms with van der Waals surface area (Å²) < 4.78 is 2.09. The van der Waals surface area contributed by atoms with Crippen LogP contribution in [0.5, 0.6) is 0 Å². The van der Waals surface area contributed by atoms with E-state index < -0.39 is 0 Å². The standard InChI is InChI=1S/C16H22N4/c1-13(2)16-11-20(12-18-16)15-5-3-14(4-6-15)19-9-7-17-8-10-19/h3-6,11-13,17H,7-10H2,1-2H3. The highest BCUT2D eigenvalue weighted by molar-refractivity contribution is 5.51. The van der Waals surface area contributed by atoms with Gasteiger partial charge in [-0.2, -0.15) is 0 Å². The summed E-state index contributed by atoms with van der Waals surface area (Å²) in [5.74, 6) is 0.469. The summed E-state index contributed by atoms with van der Waals surface area (Å²) in [6.07, 6.45) is 4.01. The molecule has 1 aromatic heterocycles.